The van der Waals surface area contributed by atoms with Crippen LogP contribution in [0.25, 0.3) is 0 Å². The first-order valence-electron chi connectivity index (χ1n) is 8.70. The van der Waals surface area contributed by atoms with Crippen LogP contribution in [0, 0.1) is 0 Å². The first kappa shape index (κ1) is 21.3. The third-order valence-corrected chi connectivity index (χ3v) is 6.38. The van der Waals surface area contributed by atoms with Crippen molar-refractivity contribution in [3.63, 3.8) is 0 Å². The van der Waals surface area contributed by atoms with Gasteiger partial charge in [0.15, 0.2) is 0 Å². The van der Waals surface area contributed by atoms with Gasteiger partial charge in [0.1, 0.15) is 0 Å². The van der Waals surface area contributed by atoms with Crippen molar-refractivity contribution < 1.29 is 42.0 Å². The molecule has 1 atom stereocenters. The molecule has 1 saturated heterocycles. The molecule has 0 spiro atoms. The highest BCUT2D eigenvalue weighted by Gasteiger charge is 2.56. The van der Waals surface area contributed by atoms with Crippen LogP contribution in [0.5, 0.6) is 0 Å². The highest BCUT2D eigenvalue weighted by Crippen LogP contribution is 2.42. The normalized spacial score (nSPS) is 19.0. The van der Waals surface area contributed by atoms with Crippen molar-refractivity contribution in [3.05, 3.63) is 42.0 Å². The van der Waals surface area contributed by atoms with Gasteiger partial charge in [0.05, 0.1) is 5.69 Å². The van der Waals surface area contributed by atoms with Gasteiger partial charge in [0.2, 0.25) is 16.7 Å². The van der Waals surface area contributed by atoms with E-state index in [0.717, 1.165) is 29.2 Å². The summed E-state index contributed by atoms with van der Waals surface area (Å²) in [6, 6.07) is 4.62. The van der Waals surface area contributed by atoms with Crippen molar-refractivity contribution in [1.29, 1.82) is 0 Å². The molecule has 3 rings (SSSR count). The van der Waals surface area contributed by atoms with Crippen LogP contribution >= 0.6 is 0 Å². The molecule has 1 aromatic carbocycles. The van der Waals surface area contributed by atoms with Gasteiger partial charge in [-0.1, -0.05) is 12.1 Å². The maximum atomic E-state index is 12.5. The van der Waals surface area contributed by atoms with E-state index in [-0.39, 0.29) is 24.1 Å². The Hall–Kier alpha value is -3.38. The van der Waals surface area contributed by atoms with E-state index in [9.17, 15) is 36.9 Å². The molecule has 158 valence electrons. The molecule has 11 nitrogen and oxygen atoms in total. The fraction of sp³-hybridized carbons (Fsp3) is 0.278. The van der Waals surface area contributed by atoms with Gasteiger partial charge < -0.3 is 5.11 Å². The number of hydrogen-bond acceptors (Lipinski definition) is 7. The Kier molecular flexibility index (Phi) is 5.31. The van der Waals surface area contributed by atoms with Crippen LogP contribution in [0.4, 0.5) is 5.69 Å². The summed E-state index contributed by atoms with van der Waals surface area (Å²) in [7, 11) is -5.22. The number of carboxylic acid groups (broad SMARTS) is 1. The van der Waals surface area contributed by atoms with Gasteiger partial charge in [-0.2, -0.15) is 8.42 Å². The average molecular weight is 436 g/mol. The average Bonchev–Trinajstić information content (AvgIpc) is 3.17. The van der Waals surface area contributed by atoms with E-state index in [4.69, 9.17) is 5.11 Å². The number of amides is 4. The Morgan fingerprint density at radius 2 is 1.47 bits per heavy atom. The molecule has 1 aromatic rings. The van der Waals surface area contributed by atoms with E-state index >= 15 is 0 Å². The highest BCUT2D eigenvalue weighted by atomic mass is 32.2. The number of hydrogen-bond donors (Lipinski definition) is 2. The minimum absolute atomic E-state index is 0.0836. The zero-order valence-corrected chi connectivity index (χ0v) is 16.2. The number of carboxylic acids is 1. The summed E-state index contributed by atoms with van der Waals surface area (Å²) in [6.07, 6.45) is -0.0412. The molecular weight excluding hydrogens is 420 g/mol. The van der Waals surface area contributed by atoms with Gasteiger partial charge in [-0.3, -0.25) is 33.4 Å². The zero-order valence-electron chi connectivity index (χ0n) is 15.3. The molecule has 0 aromatic heterocycles. The molecule has 30 heavy (non-hydrogen) atoms. The fourth-order valence-corrected chi connectivity index (χ4v) is 4.79. The lowest BCUT2D eigenvalue weighted by molar-refractivity contribution is -0.145. The smallest absolute Gasteiger partial charge is 0.303 e. The second kappa shape index (κ2) is 7.46. The molecule has 12 heteroatoms. The van der Waals surface area contributed by atoms with E-state index in [1.54, 1.807) is 0 Å². The number of imide groups is 2. The molecule has 4 amide bonds. The Labute approximate surface area is 170 Å². The second-order valence-corrected chi connectivity index (χ2v) is 8.29. The van der Waals surface area contributed by atoms with Gasteiger partial charge in [0.25, 0.3) is 21.9 Å². The van der Waals surface area contributed by atoms with E-state index in [0.29, 0.717) is 4.90 Å². The number of anilines is 1. The largest absolute Gasteiger partial charge is 0.481 e. The number of likely N-dealkylation sites (tertiary alicyclic amines) is 1. The first-order chi connectivity index (χ1) is 14.0. The van der Waals surface area contributed by atoms with Crippen LogP contribution < -0.4 is 4.90 Å². The molecule has 1 unspecified atom stereocenters. The van der Waals surface area contributed by atoms with Crippen molar-refractivity contribution in [2.75, 3.05) is 4.90 Å². The first-order valence-corrected chi connectivity index (χ1v) is 10.1. The van der Waals surface area contributed by atoms with Crippen molar-refractivity contribution in [1.82, 2.24) is 4.90 Å². The molecular formula is C18H16N2O9S. The van der Waals surface area contributed by atoms with Crippen LogP contribution in [0.3, 0.4) is 0 Å². The Morgan fingerprint density at radius 3 is 1.90 bits per heavy atom. The summed E-state index contributed by atoms with van der Waals surface area (Å²) in [6.45, 7) is 0. The monoisotopic (exact) mass is 436 g/mol. The van der Waals surface area contributed by atoms with E-state index < -0.39 is 57.4 Å². The number of rotatable bonds is 7. The van der Waals surface area contributed by atoms with E-state index in [2.05, 4.69) is 0 Å². The predicted octanol–water partition coefficient (Wildman–Crippen LogP) is 0.170. The summed E-state index contributed by atoms with van der Waals surface area (Å²) in [5, 5.41) is 9.06. The molecule has 2 aliphatic rings. The SMILES string of the molecule is O=C(O)CCC(c1ccc(N2C(=O)C=CC2=O)cc1)(N1C(=O)CCC1=O)S(=O)(=O)O. The summed E-state index contributed by atoms with van der Waals surface area (Å²) >= 11 is 0. The van der Waals surface area contributed by atoms with Gasteiger partial charge >= 0.3 is 5.97 Å². The standard InChI is InChI=1S/C18H16N2O9S/c21-13-5-6-14(22)19(13)12-3-1-11(2-4-12)18(30(27,28)29,10-9-17(25)26)20-15(23)7-8-16(20)24/h1-6H,7-10H2,(H,25,26)(H,27,28,29). The number of nitrogens with zero attached hydrogens (tertiary/aromatic N) is 2. The van der Waals surface area contributed by atoms with Crippen molar-refractivity contribution in [2.24, 2.45) is 0 Å². The highest BCUT2D eigenvalue weighted by molar-refractivity contribution is 7.86. The molecule has 2 N–H and O–H groups in total. The quantitative estimate of drug-likeness (QED) is 0.447. The zero-order chi connectivity index (χ0) is 22.3. The number of aliphatic carboxylic acids is 1. The van der Waals surface area contributed by atoms with E-state index in [1.807, 2.05) is 0 Å². The number of benzene rings is 1. The minimum Gasteiger partial charge on any atom is -0.481 e. The lowest BCUT2D eigenvalue weighted by Crippen LogP contribution is -2.54. The summed E-state index contributed by atoms with van der Waals surface area (Å²) in [5.41, 5.74) is -0.175. The maximum absolute atomic E-state index is 12.5. The van der Waals surface area contributed by atoms with Gasteiger partial charge in [-0.15, -0.1) is 0 Å². The molecule has 2 heterocycles. The molecule has 0 saturated carbocycles. The predicted molar refractivity (Wildman–Crippen MR) is 99.3 cm³/mol. The lowest BCUT2D eigenvalue weighted by atomic mass is 9.98. The minimum atomic E-state index is -5.22. The van der Waals surface area contributed by atoms with Gasteiger partial charge in [0, 0.05) is 37.8 Å². The summed E-state index contributed by atoms with van der Waals surface area (Å²) in [5.74, 6) is -4.39. The van der Waals surface area contributed by atoms with Crippen molar-refractivity contribution in [3.8, 4) is 0 Å². The topological polar surface area (TPSA) is 166 Å². The summed E-state index contributed by atoms with van der Waals surface area (Å²) in [4.78, 5) is 58.0. The third-order valence-electron chi connectivity index (χ3n) is 4.90. The van der Waals surface area contributed by atoms with Crippen molar-refractivity contribution in [2.45, 2.75) is 30.6 Å². The molecule has 2 aliphatic heterocycles. The van der Waals surface area contributed by atoms with Crippen LogP contribution in [-0.2, 0) is 39.0 Å². The molecule has 0 aliphatic carbocycles. The number of carbonyl (C=O) groups excluding carboxylic acids is 4. The third kappa shape index (κ3) is 3.39. The van der Waals surface area contributed by atoms with Crippen molar-refractivity contribution >= 4 is 45.4 Å². The molecule has 0 bridgehead atoms. The summed E-state index contributed by atoms with van der Waals surface area (Å²) < 4.78 is 35.0. The molecule has 1 fully saturated rings. The van der Waals surface area contributed by atoms with Crippen LogP contribution in [0.2, 0.25) is 0 Å². The lowest BCUT2D eigenvalue weighted by Gasteiger charge is -2.38. The van der Waals surface area contributed by atoms with Gasteiger partial charge in [-0.25, -0.2) is 4.90 Å². The van der Waals surface area contributed by atoms with E-state index in [1.165, 1.54) is 12.1 Å². The maximum Gasteiger partial charge on any atom is 0.303 e. The molecule has 0 radical (unpaired) electrons. The Balaban J connectivity index is 2.15. The van der Waals surface area contributed by atoms with Crippen LogP contribution in [0.15, 0.2) is 36.4 Å². The van der Waals surface area contributed by atoms with Gasteiger partial charge in [-0.05, 0) is 17.7 Å². The van der Waals surface area contributed by atoms with Crippen LogP contribution in [-0.4, -0.2) is 52.6 Å². The fourth-order valence-electron chi connectivity index (χ4n) is 3.56. The second-order valence-electron chi connectivity index (χ2n) is 6.67. The Bertz CT molecular complexity index is 1060. The van der Waals surface area contributed by atoms with Crippen LogP contribution in [0.1, 0.15) is 31.2 Å². The number of carbonyl (C=O) groups is 5. The Morgan fingerprint density at radius 1 is 0.967 bits per heavy atom.